The van der Waals surface area contributed by atoms with Crippen molar-refractivity contribution in [1.29, 1.82) is 0 Å². The minimum atomic E-state index is -1.06. The van der Waals surface area contributed by atoms with E-state index in [1.54, 1.807) is 0 Å². The SMILES string of the molecule is CC(C)(c1ccccc1)C(C1CCN(C(=O)COCC(=O)O)CC1)C(C)(C)c1ccccc1. The fourth-order valence-corrected chi connectivity index (χ4v) is 5.97. The molecular weight excluding hydrogens is 414 g/mol. The van der Waals surface area contributed by atoms with Crippen molar-refractivity contribution in [2.45, 2.75) is 51.4 Å². The minimum absolute atomic E-state index is 0.0674. The van der Waals surface area contributed by atoms with Crippen molar-refractivity contribution < 1.29 is 19.4 Å². The van der Waals surface area contributed by atoms with Gasteiger partial charge in [-0.15, -0.1) is 0 Å². The molecule has 3 rings (SSSR count). The molecule has 1 fully saturated rings. The van der Waals surface area contributed by atoms with Gasteiger partial charge in [0.15, 0.2) is 0 Å². The summed E-state index contributed by atoms with van der Waals surface area (Å²) in [6, 6.07) is 21.5. The number of ether oxygens (including phenoxy) is 1. The summed E-state index contributed by atoms with van der Waals surface area (Å²) >= 11 is 0. The Labute approximate surface area is 197 Å². The maximum atomic E-state index is 12.5. The van der Waals surface area contributed by atoms with Gasteiger partial charge >= 0.3 is 5.97 Å². The van der Waals surface area contributed by atoms with Crippen LogP contribution in [0.3, 0.4) is 0 Å². The lowest BCUT2D eigenvalue weighted by atomic mass is 9.54. The summed E-state index contributed by atoms with van der Waals surface area (Å²) in [6.07, 6.45) is 1.84. The van der Waals surface area contributed by atoms with E-state index in [9.17, 15) is 9.59 Å². The minimum Gasteiger partial charge on any atom is -0.480 e. The van der Waals surface area contributed by atoms with Gasteiger partial charge in [0.05, 0.1) is 0 Å². The van der Waals surface area contributed by atoms with Crippen molar-refractivity contribution >= 4 is 11.9 Å². The summed E-state index contributed by atoms with van der Waals surface area (Å²) in [5, 5.41) is 8.72. The fourth-order valence-electron chi connectivity index (χ4n) is 5.97. The second kappa shape index (κ2) is 10.5. The van der Waals surface area contributed by atoms with Gasteiger partial charge in [0.25, 0.3) is 0 Å². The predicted molar refractivity (Wildman–Crippen MR) is 130 cm³/mol. The van der Waals surface area contributed by atoms with Gasteiger partial charge < -0.3 is 14.7 Å². The summed E-state index contributed by atoms with van der Waals surface area (Å²) in [5.74, 6) is -0.388. The normalized spacial score (nSPS) is 15.6. The van der Waals surface area contributed by atoms with Crippen molar-refractivity contribution in [3.05, 3.63) is 71.8 Å². The molecule has 0 atom stereocenters. The first-order chi connectivity index (χ1) is 15.6. The third kappa shape index (κ3) is 5.83. The van der Waals surface area contributed by atoms with Gasteiger partial charge in [-0.3, -0.25) is 4.79 Å². The molecule has 1 amide bonds. The lowest BCUT2D eigenvalue weighted by molar-refractivity contribution is -0.146. The van der Waals surface area contributed by atoms with Crippen LogP contribution in [-0.2, 0) is 25.2 Å². The van der Waals surface area contributed by atoms with Crippen LogP contribution in [0.5, 0.6) is 0 Å². The smallest absolute Gasteiger partial charge is 0.329 e. The summed E-state index contributed by atoms with van der Waals surface area (Å²) in [7, 11) is 0. The van der Waals surface area contributed by atoms with E-state index in [1.807, 2.05) is 4.90 Å². The van der Waals surface area contributed by atoms with Gasteiger partial charge in [-0.25, -0.2) is 4.79 Å². The zero-order chi connectivity index (χ0) is 24.1. The van der Waals surface area contributed by atoms with Crippen LogP contribution in [0.2, 0.25) is 0 Å². The Morgan fingerprint density at radius 2 is 1.33 bits per heavy atom. The van der Waals surface area contributed by atoms with E-state index in [0.29, 0.717) is 24.9 Å². The van der Waals surface area contributed by atoms with E-state index in [2.05, 4.69) is 88.4 Å². The number of rotatable bonds is 9. The highest BCUT2D eigenvalue weighted by atomic mass is 16.5. The number of likely N-dealkylation sites (tertiary alicyclic amines) is 1. The maximum absolute atomic E-state index is 12.5. The van der Waals surface area contributed by atoms with Crippen LogP contribution in [0.1, 0.15) is 51.7 Å². The number of carboxylic acid groups (broad SMARTS) is 1. The molecule has 1 saturated heterocycles. The van der Waals surface area contributed by atoms with Gasteiger partial charge in [0, 0.05) is 13.1 Å². The highest BCUT2D eigenvalue weighted by Gasteiger charge is 2.47. The van der Waals surface area contributed by atoms with E-state index in [4.69, 9.17) is 9.84 Å². The Hall–Kier alpha value is -2.66. The van der Waals surface area contributed by atoms with Crippen LogP contribution >= 0.6 is 0 Å². The molecule has 1 heterocycles. The fraction of sp³-hybridized carbons (Fsp3) is 0.500. The summed E-state index contributed by atoms with van der Waals surface area (Å²) in [5.41, 5.74) is 2.53. The van der Waals surface area contributed by atoms with Gasteiger partial charge in [-0.05, 0) is 46.6 Å². The molecule has 5 nitrogen and oxygen atoms in total. The molecule has 0 unspecified atom stereocenters. The number of nitrogens with zero attached hydrogens (tertiary/aromatic N) is 1. The number of amides is 1. The number of benzene rings is 2. The Bertz CT molecular complexity index is 864. The van der Waals surface area contributed by atoms with E-state index in [-0.39, 0.29) is 23.3 Å². The Morgan fingerprint density at radius 1 is 0.879 bits per heavy atom. The molecular formula is C28H37NO4. The first-order valence-electron chi connectivity index (χ1n) is 11.8. The van der Waals surface area contributed by atoms with E-state index >= 15 is 0 Å². The van der Waals surface area contributed by atoms with Crippen LogP contribution in [0.4, 0.5) is 0 Å². The highest BCUT2D eigenvalue weighted by Crippen LogP contribution is 2.50. The first-order valence-corrected chi connectivity index (χ1v) is 11.8. The third-order valence-corrected chi connectivity index (χ3v) is 7.41. The molecule has 5 heteroatoms. The van der Waals surface area contributed by atoms with E-state index < -0.39 is 12.6 Å². The monoisotopic (exact) mass is 451 g/mol. The molecule has 1 aliphatic heterocycles. The van der Waals surface area contributed by atoms with Crippen molar-refractivity contribution in [2.75, 3.05) is 26.3 Å². The molecule has 0 bridgehead atoms. The second-order valence-electron chi connectivity index (χ2n) is 10.3. The number of aliphatic carboxylic acids is 1. The lowest BCUT2D eigenvalue weighted by Crippen LogP contribution is -2.50. The van der Waals surface area contributed by atoms with Crippen LogP contribution < -0.4 is 0 Å². The molecule has 0 saturated carbocycles. The quantitative estimate of drug-likeness (QED) is 0.589. The highest BCUT2D eigenvalue weighted by molar-refractivity contribution is 5.78. The van der Waals surface area contributed by atoms with Crippen molar-refractivity contribution in [3.8, 4) is 0 Å². The summed E-state index contributed by atoms with van der Waals surface area (Å²) in [6.45, 7) is 10.2. The van der Waals surface area contributed by atoms with Crippen LogP contribution in [0.15, 0.2) is 60.7 Å². The largest absolute Gasteiger partial charge is 0.480 e. The van der Waals surface area contributed by atoms with Crippen molar-refractivity contribution in [3.63, 3.8) is 0 Å². The van der Waals surface area contributed by atoms with E-state index in [0.717, 1.165) is 12.8 Å². The molecule has 33 heavy (non-hydrogen) atoms. The predicted octanol–water partition coefficient (Wildman–Crippen LogP) is 4.90. The lowest BCUT2D eigenvalue weighted by Gasteiger charge is -2.51. The second-order valence-corrected chi connectivity index (χ2v) is 10.3. The van der Waals surface area contributed by atoms with E-state index in [1.165, 1.54) is 11.1 Å². The average molecular weight is 452 g/mol. The molecule has 0 aliphatic carbocycles. The molecule has 178 valence electrons. The Morgan fingerprint density at radius 3 is 1.76 bits per heavy atom. The molecule has 1 N–H and O–H groups in total. The standard InChI is InChI=1S/C28H37NO4/c1-27(2,22-11-7-5-8-12-22)26(28(3,4)23-13-9-6-10-14-23)21-15-17-29(18-16-21)24(30)19-33-20-25(31)32/h5-14,21,26H,15-20H2,1-4H3,(H,31,32). The number of carbonyl (C=O) groups excluding carboxylic acids is 1. The maximum Gasteiger partial charge on any atom is 0.329 e. The third-order valence-electron chi connectivity index (χ3n) is 7.41. The molecule has 0 spiro atoms. The molecule has 2 aromatic carbocycles. The number of piperidine rings is 1. The van der Waals surface area contributed by atoms with Gasteiger partial charge in [-0.1, -0.05) is 88.4 Å². The summed E-state index contributed by atoms with van der Waals surface area (Å²) in [4.78, 5) is 25.0. The molecule has 1 aliphatic rings. The molecule has 2 aromatic rings. The number of hydrogen-bond donors (Lipinski definition) is 1. The number of carbonyl (C=O) groups is 2. The number of carboxylic acids is 1. The molecule has 0 radical (unpaired) electrons. The van der Waals surface area contributed by atoms with Crippen molar-refractivity contribution in [1.82, 2.24) is 4.90 Å². The Balaban J connectivity index is 1.83. The van der Waals surface area contributed by atoms with Gasteiger partial charge in [-0.2, -0.15) is 0 Å². The summed E-state index contributed by atoms with van der Waals surface area (Å²) < 4.78 is 5.02. The average Bonchev–Trinajstić information content (AvgIpc) is 2.80. The molecule has 0 aromatic heterocycles. The number of hydrogen-bond acceptors (Lipinski definition) is 3. The van der Waals surface area contributed by atoms with Gasteiger partial charge in [0.1, 0.15) is 13.2 Å². The first kappa shape index (κ1) is 25.0. The van der Waals surface area contributed by atoms with Crippen molar-refractivity contribution in [2.24, 2.45) is 11.8 Å². The van der Waals surface area contributed by atoms with Crippen LogP contribution in [-0.4, -0.2) is 48.2 Å². The zero-order valence-electron chi connectivity index (χ0n) is 20.3. The zero-order valence-corrected chi connectivity index (χ0v) is 20.3. The van der Waals surface area contributed by atoms with Gasteiger partial charge in [0.2, 0.25) is 5.91 Å². The topological polar surface area (TPSA) is 66.8 Å². The Kier molecular flexibility index (Phi) is 7.96. The van der Waals surface area contributed by atoms with Crippen LogP contribution in [0.25, 0.3) is 0 Å². The van der Waals surface area contributed by atoms with Crippen LogP contribution in [0, 0.1) is 11.8 Å².